The predicted molar refractivity (Wildman–Crippen MR) is 118 cm³/mol. The molecule has 4 heteroatoms. The minimum Gasteiger partial charge on any atom is -0.452 e. The standard InChI is InChI=1S/C26H26N2O2/c1-2-18-17-28-15-13-20(18)16-24(28)25(30-26(29)19-8-4-3-5-9-19)22-12-14-27-23-11-7-6-10-21(22)23/h2-12,14,18,20,24-25H,1,13,15-17H2/t18-,20+,24+,25+/m0/s1. The Balaban J connectivity index is 1.54. The minimum atomic E-state index is -0.334. The molecule has 30 heavy (non-hydrogen) atoms. The lowest BCUT2D eigenvalue weighted by molar-refractivity contribution is -0.0568. The summed E-state index contributed by atoms with van der Waals surface area (Å²) in [6, 6.07) is 19.5. The zero-order valence-electron chi connectivity index (χ0n) is 17.0. The molecule has 0 radical (unpaired) electrons. The van der Waals surface area contributed by atoms with Crippen LogP contribution in [0.5, 0.6) is 0 Å². The second-order valence-corrected chi connectivity index (χ2v) is 8.36. The van der Waals surface area contributed by atoms with Gasteiger partial charge in [0.1, 0.15) is 6.10 Å². The van der Waals surface area contributed by atoms with Gasteiger partial charge in [0.15, 0.2) is 0 Å². The predicted octanol–water partition coefficient (Wildman–Crippen LogP) is 5.03. The Morgan fingerprint density at radius 1 is 1.13 bits per heavy atom. The van der Waals surface area contributed by atoms with Crippen LogP contribution in [0.4, 0.5) is 0 Å². The number of esters is 1. The summed E-state index contributed by atoms with van der Waals surface area (Å²) in [6.45, 7) is 6.07. The highest BCUT2D eigenvalue weighted by Gasteiger charge is 2.44. The van der Waals surface area contributed by atoms with E-state index in [4.69, 9.17) is 4.74 Å². The number of rotatable bonds is 5. The van der Waals surface area contributed by atoms with Crippen LogP contribution in [0.3, 0.4) is 0 Å². The summed E-state index contributed by atoms with van der Waals surface area (Å²) >= 11 is 0. The van der Waals surface area contributed by atoms with Gasteiger partial charge in [-0.2, -0.15) is 0 Å². The third-order valence-corrected chi connectivity index (χ3v) is 6.74. The lowest BCUT2D eigenvalue weighted by atomic mass is 9.73. The molecule has 1 aromatic heterocycles. The van der Waals surface area contributed by atoms with E-state index in [1.54, 1.807) is 0 Å². The molecule has 0 N–H and O–H groups in total. The number of benzene rings is 2. The number of para-hydroxylation sites is 1. The van der Waals surface area contributed by atoms with Gasteiger partial charge in [-0.25, -0.2) is 4.79 Å². The van der Waals surface area contributed by atoms with Crippen molar-refractivity contribution in [2.24, 2.45) is 11.8 Å². The van der Waals surface area contributed by atoms with Crippen LogP contribution in [0.15, 0.2) is 79.5 Å². The summed E-state index contributed by atoms with van der Waals surface area (Å²) in [5.41, 5.74) is 2.55. The van der Waals surface area contributed by atoms with Crippen molar-refractivity contribution < 1.29 is 9.53 Å². The second kappa shape index (κ2) is 8.04. The lowest BCUT2D eigenvalue weighted by Crippen LogP contribution is -2.55. The number of carbonyl (C=O) groups is 1. The number of hydrogen-bond acceptors (Lipinski definition) is 4. The molecule has 5 atom stereocenters. The van der Waals surface area contributed by atoms with E-state index in [0.717, 1.165) is 36.0 Å². The van der Waals surface area contributed by atoms with Gasteiger partial charge in [-0.1, -0.05) is 42.5 Å². The zero-order valence-corrected chi connectivity index (χ0v) is 17.0. The maximum absolute atomic E-state index is 13.1. The van der Waals surface area contributed by atoms with Crippen molar-refractivity contribution in [3.05, 3.63) is 90.6 Å². The molecular weight excluding hydrogens is 372 g/mol. The smallest absolute Gasteiger partial charge is 0.338 e. The Hall–Kier alpha value is -2.98. The van der Waals surface area contributed by atoms with E-state index in [-0.39, 0.29) is 18.1 Å². The molecule has 0 amide bonds. The SMILES string of the molecule is C=C[C@H]1CN2CC[C@@H]1C[C@@H]2[C@H](OC(=O)c1ccccc1)c1ccnc2ccccc12. The second-order valence-electron chi connectivity index (χ2n) is 8.36. The lowest BCUT2D eigenvalue weighted by Gasteiger charge is -2.51. The molecule has 3 aromatic rings. The highest BCUT2D eigenvalue weighted by atomic mass is 16.5. The van der Waals surface area contributed by atoms with Crippen LogP contribution < -0.4 is 0 Å². The Morgan fingerprint density at radius 2 is 1.93 bits per heavy atom. The van der Waals surface area contributed by atoms with Gasteiger partial charge < -0.3 is 4.74 Å². The largest absolute Gasteiger partial charge is 0.452 e. The monoisotopic (exact) mass is 398 g/mol. The van der Waals surface area contributed by atoms with Gasteiger partial charge in [0.05, 0.1) is 17.1 Å². The van der Waals surface area contributed by atoms with Gasteiger partial charge in [0.25, 0.3) is 0 Å². The fourth-order valence-electron chi connectivity index (χ4n) is 5.17. The molecule has 3 aliphatic heterocycles. The van der Waals surface area contributed by atoms with Crippen LogP contribution >= 0.6 is 0 Å². The summed E-state index contributed by atoms with van der Waals surface area (Å²) in [6.07, 6.45) is 5.78. The van der Waals surface area contributed by atoms with Crippen LogP contribution in [0.25, 0.3) is 10.9 Å². The maximum atomic E-state index is 13.1. The van der Waals surface area contributed by atoms with Crippen molar-refractivity contribution in [1.82, 2.24) is 9.88 Å². The molecule has 2 aromatic carbocycles. The Labute approximate surface area is 177 Å². The average molecular weight is 399 g/mol. The van der Waals surface area contributed by atoms with Gasteiger partial charge in [-0.15, -0.1) is 6.58 Å². The fraction of sp³-hybridized carbons (Fsp3) is 0.308. The first-order chi connectivity index (χ1) is 14.7. The Morgan fingerprint density at radius 3 is 2.70 bits per heavy atom. The molecule has 0 spiro atoms. The van der Waals surface area contributed by atoms with Crippen molar-refractivity contribution in [3.63, 3.8) is 0 Å². The van der Waals surface area contributed by atoms with Crippen LogP contribution in [0.2, 0.25) is 0 Å². The third kappa shape index (κ3) is 3.41. The summed E-state index contributed by atoms with van der Waals surface area (Å²) in [5, 5.41) is 1.05. The summed E-state index contributed by atoms with van der Waals surface area (Å²) < 4.78 is 6.26. The van der Waals surface area contributed by atoms with Crippen molar-refractivity contribution in [2.75, 3.05) is 13.1 Å². The number of carbonyl (C=O) groups excluding carboxylic acids is 1. The number of ether oxygens (including phenoxy) is 1. The van der Waals surface area contributed by atoms with Gasteiger partial charge in [0.2, 0.25) is 0 Å². The quantitative estimate of drug-likeness (QED) is 0.447. The topological polar surface area (TPSA) is 42.4 Å². The Bertz CT molecular complexity index is 1060. The van der Waals surface area contributed by atoms with Crippen molar-refractivity contribution in [2.45, 2.75) is 25.0 Å². The van der Waals surface area contributed by atoms with Crippen LogP contribution in [-0.4, -0.2) is 35.0 Å². The summed E-state index contributed by atoms with van der Waals surface area (Å²) in [7, 11) is 0. The maximum Gasteiger partial charge on any atom is 0.338 e. The van der Waals surface area contributed by atoms with E-state index >= 15 is 0 Å². The normalized spacial score (nSPS) is 26.3. The van der Waals surface area contributed by atoms with Crippen molar-refractivity contribution in [3.8, 4) is 0 Å². The van der Waals surface area contributed by atoms with E-state index in [1.807, 2.05) is 60.8 Å². The van der Waals surface area contributed by atoms with E-state index < -0.39 is 0 Å². The minimum absolute atomic E-state index is 0.165. The van der Waals surface area contributed by atoms with E-state index in [2.05, 4.69) is 28.6 Å². The average Bonchev–Trinajstić information content (AvgIpc) is 2.83. The van der Waals surface area contributed by atoms with Crippen molar-refractivity contribution >= 4 is 16.9 Å². The fourth-order valence-corrected chi connectivity index (χ4v) is 5.17. The molecule has 6 rings (SSSR count). The van der Waals surface area contributed by atoms with E-state index in [9.17, 15) is 4.79 Å². The highest BCUT2D eigenvalue weighted by molar-refractivity contribution is 5.90. The van der Waals surface area contributed by atoms with E-state index in [1.165, 1.54) is 6.42 Å². The molecular formula is C26H26N2O2. The molecule has 3 fully saturated rings. The summed E-state index contributed by atoms with van der Waals surface area (Å²) in [5.74, 6) is 0.850. The highest BCUT2D eigenvalue weighted by Crippen LogP contribution is 2.43. The van der Waals surface area contributed by atoms with Gasteiger partial charge in [0, 0.05) is 23.7 Å². The molecule has 4 nitrogen and oxygen atoms in total. The molecule has 3 aliphatic rings. The molecule has 0 saturated carbocycles. The van der Waals surface area contributed by atoms with Crippen molar-refractivity contribution in [1.29, 1.82) is 0 Å². The molecule has 2 bridgehead atoms. The van der Waals surface area contributed by atoms with Crippen LogP contribution in [0.1, 0.15) is 34.9 Å². The third-order valence-electron chi connectivity index (χ3n) is 6.74. The Kier molecular flexibility index (Phi) is 5.09. The zero-order chi connectivity index (χ0) is 20.5. The number of fused-ring (bicyclic) bond motifs is 4. The van der Waals surface area contributed by atoms with Crippen LogP contribution in [-0.2, 0) is 4.74 Å². The first kappa shape index (κ1) is 19.0. The number of nitrogens with zero attached hydrogens (tertiary/aromatic N) is 2. The molecule has 1 unspecified atom stereocenters. The first-order valence-electron chi connectivity index (χ1n) is 10.7. The number of aromatic nitrogens is 1. The van der Waals surface area contributed by atoms with Crippen LogP contribution in [0, 0.1) is 11.8 Å². The summed E-state index contributed by atoms with van der Waals surface area (Å²) in [4.78, 5) is 20.1. The molecule has 3 saturated heterocycles. The van der Waals surface area contributed by atoms with E-state index in [0.29, 0.717) is 17.4 Å². The van der Waals surface area contributed by atoms with Gasteiger partial charge in [-0.3, -0.25) is 9.88 Å². The molecule has 4 heterocycles. The molecule has 152 valence electrons. The number of pyridine rings is 1. The number of hydrogen-bond donors (Lipinski definition) is 0. The van der Waals surface area contributed by atoms with Gasteiger partial charge >= 0.3 is 5.97 Å². The first-order valence-corrected chi connectivity index (χ1v) is 10.7. The molecule has 0 aliphatic carbocycles. The van der Waals surface area contributed by atoms with Gasteiger partial charge in [-0.05, 0) is 55.5 Å². The number of piperidine rings is 3.